The van der Waals surface area contributed by atoms with Crippen LogP contribution in [0.25, 0.3) is 0 Å². The van der Waals surface area contributed by atoms with E-state index in [2.05, 4.69) is 37.5 Å². The van der Waals surface area contributed by atoms with Crippen LogP contribution in [0.3, 0.4) is 0 Å². The van der Waals surface area contributed by atoms with Gasteiger partial charge >= 0.3 is 0 Å². The molecule has 3 nitrogen and oxygen atoms in total. The molecule has 0 saturated carbocycles. The van der Waals surface area contributed by atoms with E-state index in [9.17, 15) is 0 Å². The lowest BCUT2D eigenvalue weighted by Crippen LogP contribution is -2.26. The van der Waals surface area contributed by atoms with Gasteiger partial charge in [-0.3, -0.25) is 4.99 Å². The molecule has 0 aliphatic rings. The van der Waals surface area contributed by atoms with Crippen LogP contribution >= 0.6 is 0 Å². The van der Waals surface area contributed by atoms with Gasteiger partial charge < -0.3 is 10.6 Å². The third kappa shape index (κ3) is 3.50. The summed E-state index contributed by atoms with van der Waals surface area (Å²) in [5.74, 6) is 0. The largest absolute Gasteiger partial charge is 0.378 e. The smallest absolute Gasteiger partial charge is 0.119 e. The van der Waals surface area contributed by atoms with Gasteiger partial charge in [0.05, 0.1) is 0 Å². The molecule has 0 bridgehead atoms. The average Bonchev–Trinajstić information content (AvgIpc) is 2.18. The quantitative estimate of drug-likeness (QED) is 0.662. The Morgan fingerprint density at radius 2 is 2.07 bits per heavy atom. The van der Waals surface area contributed by atoms with Gasteiger partial charge in [-0.05, 0) is 32.1 Å². The molecule has 0 aliphatic heterocycles. The first kappa shape index (κ1) is 13.2. The molecule has 0 spiro atoms. The van der Waals surface area contributed by atoms with E-state index in [0.717, 1.165) is 25.0 Å². The number of rotatable bonds is 6. The highest BCUT2D eigenvalue weighted by Gasteiger charge is 2.10. The molecule has 3 heteroatoms. The lowest BCUT2D eigenvalue weighted by Gasteiger charge is -2.25. The van der Waals surface area contributed by atoms with Crippen molar-refractivity contribution in [1.82, 2.24) is 4.90 Å². The summed E-state index contributed by atoms with van der Waals surface area (Å²) in [4.78, 5) is 6.09. The van der Waals surface area contributed by atoms with Crippen molar-refractivity contribution in [2.24, 2.45) is 10.7 Å². The molecular formula is C11H23N3. The van der Waals surface area contributed by atoms with Crippen molar-refractivity contribution in [2.75, 3.05) is 13.6 Å². The average molecular weight is 197 g/mol. The minimum atomic E-state index is -0.260. The van der Waals surface area contributed by atoms with Gasteiger partial charge in [-0.15, -0.1) is 0 Å². The molecule has 0 heterocycles. The van der Waals surface area contributed by atoms with Crippen LogP contribution in [0.2, 0.25) is 0 Å². The molecular weight excluding hydrogens is 174 g/mol. The minimum Gasteiger partial charge on any atom is -0.378 e. The summed E-state index contributed by atoms with van der Waals surface area (Å²) in [6.45, 7) is 10.9. The molecule has 0 saturated heterocycles. The molecule has 0 fully saturated rings. The van der Waals surface area contributed by atoms with Crippen molar-refractivity contribution in [3.63, 3.8) is 0 Å². The van der Waals surface area contributed by atoms with Crippen LogP contribution in [-0.2, 0) is 0 Å². The van der Waals surface area contributed by atoms with Crippen LogP contribution in [0.4, 0.5) is 0 Å². The number of hydrogen-bond donors (Lipinski definition) is 1. The number of nitrogens with zero attached hydrogens (tertiary/aromatic N) is 2. The molecule has 0 aliphatic carbocycles. The van der Waals surface area contributed by atoms with E-state index in [4.69, 9.17) is 5.73 Å². The van der Waals surface area contributed by atoms with Crippen molar-refractivity contribution < 1.29 is 0 Å². The maximum Gasteiger partial charge on any atom is 0.119 e. The Kier molecular flexibility index (Phi) is 6.21. The van der Waals surface area contributed by atoms with Gasteiger partial charge in [-0.25, -0.2) is 0 Å². The summed E-state index contributed by atoms with van der Waals surface area (Å²) in [6.07, 6.45) is 1.87. The Labute approximate surface area is 87.7 Å². The second-order valence-corrected chi connectivity index (χ2v) is 3.53. The van der Waals surface area contributed by atoms with Crippen molar-refractivity contribution in [1.29, 1.82) is 0 Å². The van der Waals surface area contributed by atoms with E-state index in [1.165, 1.54) is 5.70 Å². The predicted octanol–water partition coefficient (Wildman–Crippen LogP) is 2.00. The van der Waals surface area contributed by atoms with Crippen LogP contribution in [0.5, 0.6) is 0 Å². The molecule has 0 aromatic rings. The number of allylic oxidation sites excluding steroid dienone is 1. The standard InChI is InChI=1S/C11H23N3/c1-6-8-14(5)10(7-2)9(3)11(12)13-4/h11H,4,6-8,12H2,1-3,5H3/b10-9-. The van der Waals surface area contributed by atoms with Gasteiger partial charge in [-0.2, -0.15) is 0 Å². The van der Waals surface area contributed by atoms with Gasteiger partial charge in [0, 0.05) is 19.3 Å². The van der Waals surface area contributed by atoms with E-state index in [0.29, 0.717) is 0 Å². The van der Waals surface area contributed by atoms with E-state index in [-0.39, 0.29) is 6.17 Å². The topological polar surface area (TPSA) is 41.6 Å². The van der Waals surface area contributed by atoms with Gasteiger partial charge in [0.15, 0.2) is 0 Å². The van der Waals surface area contributed by atoms with Crippen molar-refractivity contribution in [3.8, 4) is 0 Å². The normalized spacial score (nSPS) is 14.6. The van der Waals surface area contributed by atoms with Gasteiger partial charge in [0.2, 0.25) is 0 Å². The molecule has 0 aromatic carbocycles. The Bertz CT molecular complexity index is 209. The first-order valence-electron chi connectivity index (χ1n) is 5.20. The summed E-state index contributed by atoms with van der Waals surface area (Å²) in [5.41, 5.74) is 8.22. The Hall–Kier alpha value is -0.830. The molecule has 1 unspecified atom stereocenters. The molecule has 0 aromatic heterocycles. The maximum absolute atomic E-state index is 5.81. The summed E-state index contributed by atoms with van der Waals surface area (Å²) < 4.78 is 0. The molecule has 14 heavy (non-hydrogen) atoms. The second kappa shape index (κ2) is 6.60. The lowest BCUT2D eigenvalue weighted by molar-refractivity contribution is 0.396. The third-order valence-corrected chi connectivity index (χ3v) is 2.45. The van der Waals surface area contributed by atoms with Crippen LogP contribution in [0, 0.1) is 0 Å². The molecule has 2 N–H and O–H groups in total. The van der Waals surface area contributed by atoms with Gasteiger partial charge in [0.1, 0.15) is 6.17 Å². The first-order valence-corrected chi connectivity index (χ1v) is 5.20. The summed E-state index contributed by atoms with van der Waals surface area (Å²) in [6, 6.07) is 0. The lowest BCUT2D eigenvalue weighted by atomic mass is 10.1. The monoisotopic (exact) mass is 197 g/mol. The number of hydrogen-bond acceptors (Lipinski definition) is 3. The fraction of sp³-hybridized carbons (Fsp3) is 0.727. The summed E-state index contributed by atoms with van der Waals surface area (Å²) >= 11 is 0. The second-order valence-electron chi connectivity index (χ2n) is 3.53. The molecule has 0 radical (unpaired) electrons. The van der Waals surface area contributed by atoms with Crippen LogP contribution in [0.1, 0.15) is 33.6 Å². The predicted molar refractivity (Wildman–Crippen MR) is 63.4 cm³/mol. The highest BCUT2D eigenvalue weighted by molar-refractivity contribution is 5.27. The van der Waals surface area contributed by atoms with E-state index >= 15 is 0 Å². The van der Waals surface area contributed by atoms with Crippen LogP contribution < -0.4 is 5.73 Å². The molecule has 0 rings (SSSR count). The fourth-order valence-electron chi connectivity index (χ4n) is 1.63. The van der Waals surface area contributed by atoms with Gasteiger partial charge in [-0.1, -0.05) is 13.8 Å². The molecule has 0 amide bonds. The summed E-state index contributed by atoms with van der Waals surface area (Å²) in [7, 11) is 2.10. The third-order valence-electron chi connectivity index (χ3n) is 2.45. The van der Waals surface area contributed by atoms with Crippen molar-refractivity contribution in [2.45, 2.75) is 39.8 Å². The first-order chi connectivity index (χ1) is 6.58. The summed E-state index contributed by atoms with van der Waals surface area (Å²) in [5, 5.41) is 0. The maximum atomic E-state index is 5.81. The van der Waals surface area contributed by atoms with E-state index in [1.54, 1.807) is 0 Å². The van der Waals surface area contributed by atoms with E-state index in [1.807, 2.05) is 6.92 Å². The Morgan fingerprint density at radius 1 is 1.50 bits per heavy atom. The number of aliphatic imine (C=N–C) groups is 1. The van der Waals surface area contributed by atoms with Gasteiger partial charge in [0.25, 0.3) is 0 Å². The number of nitrogens with two attached hydrogens (primary N) is 1. The van der Waals surface area contributed by atoms with E-state index < -0.39 is 0 Å². The highest BCUT2D eigenvalue weighted by atomic mass is 15.1. The molecule has 1 atom stereocenters. The Balaban J connectivity index is 4.72. The molecule has 82 valence electrons. The zero-order chi connectivity index (χ0) is 11.1. The zero-order valence-corrected chi connectivity index (χ0v) is 9.88. The minimum absolute atomic E-state index is 0.260. The van der Waals surface area contributed by atoms with Crippen molar-refractivity contribution >= 4 is 6.72 Å². The fourth-order valence-corrected chi connectivity index (χ4v) is 1.63. The highest BCUT2D eigenvalue weighted by Crippen LogP contribution is 2.15. The SMILES string of the molecule is C=NC(N)/C(C)=C(/CC)N(C)CCC. The van der Waals surface area contributed by atoms with Crippen LogP contribution in [-0.4, -0.2) is 31.4 Å². The van der Waals surface area contributed by atoms with Crippen LogP contribution in [0.15, 0.2) is 16.3 Å². The Morgan fingerprint density at radius 3 is 2.43 bits per heavy atom. The van der Waals surface area contributed by atoms with Crippen molar-refractivity contribution in [3.05, 3.63) is 11.3 Å². The zero-order valence-electron chi connectivity index (χ0n) is 9.88.